The summed E-state index contributed by atoms with van der Waals surface area (Å²) < 4.78 is 0. The number of aryl methyl sites for hydroxylation is 2. The van der Waals surface area contributed by atoms with E-state index >= 15 is 0 Å². The van der Waals surface area contributed by atoms with Gasteiger partial charge in [-0.1, -0.05) is 17.7 Å². The molecule has 0 aliphatic heterocycles. The average Bonchev–Trinajstić information content (AvgIpc) is 2.30. The Labute approximate surface area is 106 Å². The van der Waals surface area contributed by atoms with Crippen LogP contribution in [0.25, 0.3) is 0 Å². The van der Waals surface area contributed by atoms with Gasteiger partial charge < -0.3 is 10.2 Å². The summed E-state index contributed by atoms with van der Waals surface area (Å²) in [6, 6.07) is 10.4. The van der Waals surface area contributed by atoms with Crippen LogP contribution in [0.2, 0.25) is 0 Å². The van der Waals surface area contributed by atoms with Crippen molar-refractivity contribution in [3.05, 3.63) is 53.1 Å². The second-order valence-corrected chi connectivity index (χ2v) is 4.29. The molecule has 3 heteroatoms. The number of aromatic hydroxyl groups is 2. The number of rotatable bonds is 2. The Bertz CT molecular complexity index is 550. The van der Waals surface area contributed by atoms with Gasteiger partial charge in [-0.15, -0.1) is 0 Å². The van der Waals surface area contributed by atoms with E-state index < -0.39 is 0 Å². The van der Waals surface area contributed by atoms with E-state index in [0.29, 0.717) is 5.56 Å². The lowest BCUT2D eigenvalue weighted by molar-refractivity contribution is 0.450. The second-order valence-electron chi connectivity index (χ2n) is 4.29. The van der Waals surface area contributed by atoms with Gasteiger partial charge in [-0.3, -0.25) is 4.99 Å². The molecule has 2 N–H and O–H groups in total. The van der Waals surface area contributed by atoms with Gasteiger partial charge >= 0.3 is 0 Å². The molecule has 92 valence electrons. The molecule has 0 aliphatic rings. The maximum Gasteiger partial charge on any atom is 0.128 e. The molecule has 0 spiro atoms. The van der Waals surface area contributed by atoms with Crippen LogP contribution < -0.4 is 0 Å². The van der Waals surface area contributed by atoms with Crippen molar-refractivity contribution in [2.45, 2.75) is 13.8 Å². The van der Waals surface area contributed by atoms with Gasteiger partial charge in [-0.2, -0.15) is 0 Å². The van der Waals surface area contributed by atoms with Crippen LogP contribution in [0.4, 0.5) is 5.69 Å². The highest BCUT2D eigenvalue weighted by molar-refractivity contribution is 5.85. The molecule has 0 aliphatic carbocycles. The summed E-state index contributed by atoms with van der Waals surface area (Å²) in [7, 11) is 0. The zero-order valence-electron chi connectivity index (χ0n) is 10.4. The van der Waals surface area contributed by atoms with E-state index in [1.54, 1.807) is 12.3 Å². The summed E-state index contributed by atoms with van der Waals surface area (Å²) in [5.74, 6) is 0.0553. The van der Waals surface area contributed by atoms with Gasteiger partial charge in [0.2, 0.25) is 0 Å². The lowest BCUT2D eigenvalue weighted by atomic mass is 10.1. The third-order valence-electron chi connectivity index (χ3n) is 2.71. The number of nitrogens with zero attached hydrogens (tertiary/aromatic N) is 1. The van der Waals surface area contributed by atoms with Gasteiger partial charge in [0.1, 0.15) is 11.5 Å². The first-order chi connectivity index (χ1) is 8.56. The summed E-state index contributed by atoms with van der Waals surface area (Å²) in [4.78, 5) is 4.34. The summed E-state index contributed by atoms with van der Waals surface area (Å²) >= 11 is 0. The van der Waals surface area contributed by atoms with Crippen LogP contribution in [-0.2, 0) is 0 Å². The highest BCUT2D eigenvalue weighted by atomic mass is 16.3. The minimum absolute atomic E-state index is 0.0171. The molecule has 0 saturated heterocycles. The number of hydrogen-bond donors (Lipinski definition) is 2. The lowest BCUT2D eigenvalue weighted by Gasteiger charge is -2.02. The summed E-state index contributed by atoms with van der Waals surface area (Å²) in [5.41, 5.74) is 3.73. The van der Waals surface area contributed by atoms with Crippen LogP contribution in [-0.4, -0.2) is 16.4 Å². The predicted molar refractivity (Wildman–Crippen MR) is 72.9 cm³/mol. The Morgan fingerprint density at radius 3 is 2.44 bits per heavy atom. The number of phenolic OH excluding ortho intramolecular Hbond substituents is 2. The predicted octanol–water partition coefficient (Wildman–Crippen LogP) is 3.47. The number of hydrogen-bond acceptors (Lipinski definition) is 3. The maximum atomic E-state index is 9.63. The van der Waals surface area contributed by atoms with Gasteiger partial charge in [-0.05, 0) is 37.6 Å². The first-order valence-electron chi connectivity index (χ1n) is 5.69. The Hall–Kier alpha value is -2.29. The molecule has 0 unspecified atom stereocenters. The van der Waals surface area contributed by atoms with Gasteiger partial charge in [0.25, 0.3) is 0 Å². The maximum absolute atomic E-state index is 9.63. The Morgan fingerprint density at radius 2 is 1.78 bits per heavy atom. The SMILES string of the molecule is Cc1ccc(N=Cc2ccc(O)cc2O)c(C)c1. The summed E-state index contributed by atoms with van der Waals surface area (Å²) in [5, 5.41) is 18.8. The molecular formula is C15H15NO2. The van der Waals surface area contributed by atoms with Gasteiger partial charge in [0.15, 0.2) is 0 Å². The minimum atomic E-state index is 0.0171. The zero-order valence-corrected chi connectivity index (χ0v) is 10.4. The largest absolute Gasteiger partial charge is 0.508 e. The van der Waals surface area contributed by atoms with E-state index in [1.807, 2.05) is 26.0 Å². The molecule has 2 aromatic rings. The molecule has 0 heterocycles. The fourth-order valence-corrected chi connectivity index (χ4v) is 1.73. The van der Waals surface area contributed by atoms with Gasteiger partial charge in [-0.25, -0.2) is 0 Å². The van der Waals surface area contributed by atoms with Crippen molar-refractivity contribution in [3.63, 3.8) is 0 Å². The molecular weight excluding hydrogens is 226 g/mol. The van der Waals surface area contributed by atoms with Crippen molar-refractivity contribution in [1.82, 2.24) is 0 Å². The fourth-order valence-electron chi connectivity index (χ4n) is 1.73. The summed E-state index contributed by atoms with van der Waals surface area (Å²) in [6.07, 6.45) is 1.59. The highest BCUT2D eigenvalue weighted by Gasteiger charge is 2.00. The van der Waals surface area contributed by atoms with Crippen LogP contribution in [0.1, 0.15) is 16.7 Å². The monoisotopic (exact) mass is 241 g/mol. The normalized spacial score (nSPS) is 11.0. The molecule has 18 heavy (non-hydrogen) atoms. The first-order valence-corrected chi connectivity index (χ1v) is 5.69. The van der Waals surface area contributed by atoms with Crippen molar-refractivity contribution in [1.29, 1.82) is 0 Å². The topological polar surface area (TPSA) is 52.8 Å². The number of aliphatic imine (C=N–C) groups is 1. The van der Waals surface area contributed by atoms with Crippen molar-refractivity contribution < 1.29 is 10.2 Å². The molecule has 2 aromatic carbocycles. The van der Waals surface area contributed by atoms with Crippen molar-refractivity contribution in [2.75, 3.05) is 0 Å². The third-order valence-corrected chi connectivity index (χ3v) is 2.71. The average molecular weight is 241 g/mol. The Kier molecular flexibility index (Phi) is 3.33. The van der Waals surface area contributed by atoms with Crippen molar-refractivity contribution >= 4 is 11.9 Å². The molecule has 2 rings (SSSR count). The minimum Gasteiger partial charge on any atom is -0.508 e. The molecule has 0 amide bonds. The third kappa shape index (κ3) is 2.69. The number of phenols is 2. The lowest BCUT2D eigenvalue weighted by Crippen LogP contribution is -1.83. The molecule has 3 nitrogen and oxygen atoms in total. The Balaban J connectivity index is 2.30. The Morgan fingerprint density at radius 1 is 1.00 bits per heavy atom. The molecule has 0 bridgehead atoms. The zero-order chi connectivity index (χ0) is 13.1. The molecule has 0 fully saturated rings. The van der Waals surface area contributed by atoms with Gasteiger partial charge in [0, 0.05) is 17.8 Å². The second kappa shape index (κ2) is 4.92. The van der Waals surface area contributed by atoms with E-state index in [4.69, 9.17) is 0 Å². The fraction of sp³-hybridized carbons (Fsp3) is 0.133. The quantitative estimate of drug-likeness (QED) is 0.791. The smallest absolute Gasteiger partial charge is 0.128 e. The molecule has 0 saturated carbocycles. The molecule has 0 atom stereocenters. The van der Waals surface area contributed by atoms with Crippen LogP contribution in [0.15, 0.2) is 41.4 Å². The van der Waals surface area contributed by atoms with Crippen LogP contribution in [0.5, 0.6) is 11.5 Å². The van der Waals surface area contributed by atoms with E-state index in [9.17, 15) is 10.2 Å². The van der Waals surface area contributed by atoms with E-state index in [1.165, 1.54) is 17.7 Å². The molecule has 0 radical (unpaired) electrons. The van der Waals surface area contributed by atoms with E-state index in [2.05, 4.69) is 11.1 Å². The summed E-state index contributed by atoms with van der Waals surface area (Å²) in [6.45, 7) is 4.03. The van der Waals surface area contributed by atoms with Gasteiger partial charge in [0.05, 0.1) is 5.69 Å². The van der Waals surface area contributed by atoms with Crippen LogP contribution >= 0.6 is 0 Å². The van der Waals surface area contributed by atoms with Crippen molar-refractivity contribution in [2.24, 2.45) is 4.99 Å². The van der Waals surface area contributed by atoms with E-state index in [-0.39, 0.29) is 11.5 Å². The first kappa shape index (κ1) is 12.2. The standard InChI is InChI=1S/C15H15NO2/c1-10-3-6-14(11(2)7-10)16-9-12-4-5-13(17)8-15(12)18/h3-9,17-18H,1-2H3. The number of benzene rings is 2. The van der Waals surface area contributed by atoms with Crippen LogP contribution in [0, 0.1) is 13.8 Å². The van der Waals surface area contributed by atoms with Crippen molar-refractivity contribution in [3.8, 4) is 11.5 Å². The van der Waals surface area contributed by atoms with Crippen LogP contribution in [0.3, 0.4) is 0 Å². The molecule has 0 aromatic heterocycles. The highest BCUT2D eigenvalue weighted by Crippen LogP contribution is 2.23. The van der Waals surface area contributed by atoms with E-state index in [0.717, 1.165) is 11.3 Å².